The number of ether oxygens (including phenoxy) is 1. The number of benzene rings is 1. The summed E-state index contributed by atoms with van der Waals surface area (Å²) < 4.78 is 5.98. The highest BCUT2D eigenvalue weighted by Gasteiger charge is 2.49. The maximum atomic E-state index is 13.8. The number of rotatable bonds is 7. The Hall–Kier alpha value is -3.15. The maximum Gasteiger partial charge on any atom is 0.305 e. The molecule has 0 fully saturated rings. The number of aliphatic carboxylic acids is 1. The Kier molecular flexibility index (Phi) is 6.52. The SMILES string of the molecule is C=CCOc1ccccc1C1C2=C(CC(C)(C)CC2=O)N(CCC(=O)O)C2=C1C(=O)CC(C)(C)C2. The third kappa shape index (κ3) is 4.84. The minimum atomic E-state index is -0.901. The van der Waals surface area contributed by atoms with E-state index in [1.54, 1.807) is 6.08 Å². The van der Waals surface area contributed by atoms with Crippen molar-refractivity contribution in [3.05, 3.63) is 65.0 Å². The van der Waals surface area contributed by atoms with Crippen molar-refractivity contribution >= 4 is 17.5 Å². The first-order chi connectivity index (χ1) is 16.4. The fourth-order valence-corrected chi connectivity index (χ4v) is 5.84. The van der Waals surface area contributed by atoms with Gasteiger partial charge in [-0.25, -0.2) is 0 Å². The molecule has 0 radical (unpaired) electrons. The lowest BCUT2D eigenvalue weighted by Crippen LogP contribution is -2.45. The molecule has 2 aliphatic carbocycles. The predicted molar refractivity (Wildman–Crippen MR) is 134 cm³/mol. The van der Waals surface area contributed by atoms with Crippen LogP contribution >= 0.6 is 0 Å². The maximum absolute atomic E-state index is 13.8. The molecule has 0 amide bonds. The Balaban J connectivity index is 1.99. The molecule has 0 aromatic heterocycles. The average molecular weight is 478 g/mol. The van der Waals surface area contributed by atoms with Gasteiger partial charge in [0.1, 0.15) is 12.4 Å². The fourth-order valence-electron chi connectivity index (χ4n) is 5.84. The molecule has 4 rings (SSSR count). The van der Waals surface area contributed by atoms with Gasteiger partial charge in [0.15, 0.2) is 11.6 Å². The van der Waals surface area contributed by atoms with E-state index in [0.29, 0.717) is 49.2 Å². The van der Waals surface area contributed by atoms with Crippen LogP contribution in [0.2, 0.25) is 0 Å². The smallest absolute Gasteiger partial charge is 0.305 e. The van der Waals surface area contributed by atoms with Gasteiger partial charge in [0.25, 0.3) is 0 Å². The quantitative estimate of drug-likeness (QED) is 0.529. The van der Waals surface area contributed by atoms with Crippen molar-refractivity contribution in [2.75, 3.05) is 13.2 Å². The van der Waals surface area contributed by atoms with E-state index in [9.17, 15) is 19.5 Å². The number of carboxylic acid groups (broad SMARTS) is 1. The molecule has 1 N–H and O–H groups in total. The van der Waals surface area contributed by atoms with Crippen LogP contribution in [0.3, 0.4) is 0 Å². The molecule has 0 spiro atoms. The highest BCUT2D eigenvalue weighted by atomic mass is 16.5. The van der Waals surface area contributed by atoms with Gasteiger partial charge >= 0.3 is 5.97 Å². The molecule has 6 nitrogen and oxygen atoms in total. The number of hydrogen-bond acceptors (Lipinski definition) is 5. The minimum Gasteiger partial charge on any atom is -0.489 e. The zero-order chi connectivity index (χ0) is 25.5. The number of carboxylic acids is 1. The fraction of sp³-hybridized carbons (Fsp3) is 0.483. The molecule has 1 aliphatic heterocycles. The van der Waals surface area contributed by atoms with E-state index >= 15 is 0 Å². The largest absolute Gasteiger partial charge is 0.489 e. The predicted octanol–water partition coefficient (Wildman–Crippen LogP) is 5.41. The van der Waals surface area contributed by atoms with Gasteiger partial charge < -0.3 is 14.7 Å². The lowest BCUT2D eigenvalue weighted by Gasteiger charge is -2.49. The molecule has 1 aromatic carbocycles. The molecule has 0 saturated carbocycles. The van der Waals surface area contributed by atoms with Crippen LogP contribution < -0.4 is 4.74 Å². The number of allylic oxidation sites excluding steroid dienone is 4. The van der Waals surface area contributed by atoms with E-state index in [-0.39, 0.29) is 35.4 Å². The average Bonchev–Trinajstić information content (AvgIpc) is 2.74. The first-order valence-corrected chi connectivity index (χ1v) is 12.3. The summed E-state index contributed by atoms with van der Waals surface area (Å²) in [5, 5.41) is 9.48. The molecule has 186 valence electrons. The molecular formula is C29H35NO5. The molecule has 1 heterocycles. The second kappa shape index (κ2) is 9.14. The third-order valence-electron chi connectivity index (χ3n) is 7.16. The number of para-hydroxylation sites is 1. The van der Waals surface area contributed by atoms with Crippen LogP contribution in [0.5, 0.6) is 5.75 Å². The molecule has 0 bridgehead atoms. The molecule has 3 aliphatic rings. The van der Waals surface area contributed by atoms with Gasteiger partial charge in [0.2, 0.25) is 0 Å². The summed E-state index contributed by atoms with van der Waals surface area (Å²) >= 11 is 0. The van der Waals surface area contributed by atoms with Gasteiger partial charge in [-0.1, -0.05) is 58.5 Å². The Morgan fingerprint density at radius 3 is 2.09 bits per heavy atom. The van der Waals surface area contributed by atoms with Crippen molar-refractivity contribution in [3.8, 4) is 5.75 Å². The number of Topliss-reactive ketones (excluding diaryl/α,β-unsaturated/α-hetero) is 2. The van der Waals surface area contributed by atoms with Crippen molar-refractivity contribution in [1.29, 1.82) is 0 Å². The van der Waals surface area contributed by atoms with Crippen LogP contribution in [0.25, 0.3) is 0 Å². The van der Waals surface area contributed by atoms with Crippen LogP contribution in [0.1, 0.15) is 71.3 Å². The van der Waals surface area contributed by atoms with Crippen LogP contribution in [-0.4, -0.2) is 40.7 Å². The van der Waals surface area contributed by atoms with Crippen molar-refractivity contribution in [2.24, 2.45) is 10.8 Å². The lowest BCUT2D eigenvalue weighted by atomic mass is 9.63. The zero-order valence-electron chi connectivity index (χ0n) is 21.1. The topological polar surface area (TPSA) is 83.9 Å². The first-order valence-electron chi connectivity index (χ1n) is 12.3. The summed E-state index contributed by atoms with van der Waals surface area (Å²) in [6.45, 7) is 12.6. The lowest BCUT2D eigenvalue weighted by molar-refractivity contribution is -0.137. The Bertz CT molecular complexity index is 1100. The number of carbonyl (C=O) groups excluding carboxylic acids is 2. The van der Waals surface area contributed by atoms with Crippen molar-refractivity contribution < 1.29 is 24.2 Å². The summed E-state index contributed by atoms with van der Waals surface area (Å²) in [7, 11) is 0. The van der Waals surface area contributed by atoms with Crippen molar-refractivity contribution in [2.45, 2.75) is 65.7 Å². The molecule has 0 atom stereocenters. The third-order valence-corrected chi connectivity index (χ3v) is 7.16. The minimum absolute atomic E-state index is 0.0179. The summed E-state index contributed by atoms with van der Waals surface area (Å²) in [5.41, 5.74) is 3.25. The second-order valence-corrected chi connectivity index (χ2v) is 11.5. The Labute approximate surface area is 207 Å². The van der Waals surface area contributed by atoms with Gasteiger partial charge in [-0.15, -0.1) is 0 Å². The monoisotopic (exact) mass is 477 g/mol. The van der Waals surface area contributed by atoms with Gasteiger partial charge in [-0.05, 0) is 29.7 Å². The normalized spacial score (nSPS) is 21.5. The summed E-state index contributed by atoms with van der Waals surface area (Å²) in [5.74, 6) is -0.754. The number of nitrogens with zero attached hydrogens (tertiary/aromatic N) is 1. The summed E-state index contributed by atoms with van der Waals surface area (Å²) in [6, 6.07) is 7.59. The van der Waals surface area contributed by atoms with Crippen LogP contribution in [-0.2, 0) is 14.4 Å². The van der Waals surface area contributed by atoms with E-state index in [1.807, 2.05) is 29.2 Å². The second-order valence-electron chi connectivity index (χ2n) is 11.5. The van der Waals surface area contributed by atoms with Crippen LogP contribution in [0, 0.1) is 10.8 Å². The highest BCUT2D eigenvalue weighted by molar-refractivity contribution is 6.07. The molecule has 35 heavy (non-hydrogen) atoms. The van der Waals surface area contributed by atoms with Crippen LogP contribution in [0.4, 0.5) is 0 Å². The van der Waals surface area contributed by atoms with E-state index in [0.717, 1.165) is 17.0 Å². The van der Waals surface area contributed by atoms with E-state index in [4.69, 9.17) is 4.74 Å². The summed E-state index contributed by atoms with van der Waals surface area (Å²) in [4.78, 5) is 41.1. The van der Waals surface area contributed by atoms with E-state index in [1.165, 1.54) is 0 Å². The number of hydrogen-bond donors (Lipinski definition) is 1. The zero-order valence-corrected chi connectivity index (χ0v) is 21.1. The van der Waals surface area contributed by atoms with Gasteiger partial charge in [-0.2, -0.15) is 0 Å². The molecule has 0 unspecified atom stereocenters. The van der Waals surface area contributed by atoms with E-state index in [2.05, 4.69) is 34.3 Å². The van der Waals surface area contributed by atoms with Crippen molar-refractivity contribution in [3.63, 3.8) is 0 Å². The molecule has 0 saturated heterocycles. The van der Waals surface area contributed by atoms with Gasteiger partial charge in [-0.3, -0.25) is 14.4 Å². The van der Waals surface area contributed by atoms with Crippen molar-refractivity contribution in [1.82, 2.24) is 4.90 Å². The number of ketones is 2. The molecule has 1 aromatic rings. The Morgan fingerprint density at radius 2 is 1.57 bits per heavy atom. The molecular weight excluding hydrogens is 442 g/mol. The standard InChI is InChI=1S/C29H35NO5/c1-6-13-35-23-10-8-7-9-18(23)25-26-19(14-28(2,3)16-21(26)31)30(12-11-24(33)34)20-15-29(4,5)17-22(32)27(20)25/h6-10,25H,1,11-17H2,2-5H3,(H,33,34). The van der Waals surface area contributed by atoms with Crippen LogP contribution in [0.15, 0.2) is 59.5 Å². The van der Waals surface area contributed by atoms with E-state index < -0.39 is 11.9 Å². The van der Waals surface area contributed by atoms with Gasteiger partial charge in [0.05, 0.1) is 6.42 Å². The Morgan fingerprint density at radius 1 is 1.03 bits per heavy atom. The first kappa shape index (κ1) is 25.0. The molecule has 6 heteroatoms. The van der Waals surface area contributed by atoms with Gasteiger partial charge in [0, 0.05) is 53.4 Å². The highest BCUT2D eigenvalue weighted by Crippen LogP contribution is 2.55. The summed E-state index contributed by atoms with van der Waals surface area (Å²) in [6.07, 6.45) is 3.65. The number of carbonyl (C=O) groups is 3.